The number of likely N-dealkylation sites (tertiary alicyclic amines) is 1. The van der Waals surface area contributed by atoms with E-state index in [1.165, 1.54) is 12.1 Å². The summed E-state index contributed by atoms with van der Waals surface area (Å²) in [5.74, 6) is -0.518. The van der Waals surface area contributed by atoms with Crippen LogP contribution in [0.5, 0.6) is 5.75 Å². The van der Waals surface area contributed by atoms with Gasteiger partial charge in [-0.1, -0.05) is 24.3 Å². The predicted octanol–water partition coefficient (Wildman–Crippen LogP) is 2.71. The Labute approximate surface area is 151 Å². The number of carbonyl (C=O) groups is 2. The van der Waals surface area contributed by atoms with Crippen molar-refractivity contribution in [1.82, 2.24) is 4.90 Å². The zero-order valence-electron chi connectivity index (χ0n) is 14.5. The summed E-state index contributed by atoms with van der Waals surface area (Å²) in [7, 11) is 0. The number of nitrogens with zero attached hydrogens (tertiary/aromatic N) is 1. The molecule has 2 atom stereocenters. The summed E-state index contributed by atoms with van der Waals surface area (Å²) in [5.41, 5.74) is 6.54. The summed E-state index contributed by atoms with van der Waals surface area (Å²) >= 11 is 0. The quantitative estimate of drug-likeness (QED) is 0.895. The number of ether oxygens (including phenoxy) is 1. The number of carbonyl (C=O) groups excluding carboxylic acids is 2. The molecular formula is C20H21FN2O3. The van der Waals surface area contributed by atoms with E-state index in [0.29, 0.717) is 17.9 Å². The van der Waals surface area contributed by atoms with Gasteiger partial charge in [0.1, 0.15) is 11.6 Å². The van der Waals surface area contributed by atoms with Crippen molar-refractivity contribution in [3.8, 4) is 5.75 Å². The van der Waals surface area contributed by atoms with E-state index >= 15 is 0 Å². The van der Waals surface area contributed by atoms with E-state index < -0.39 is 5.91 Å². The van der Waals surface area contributed by atoms with E-state index in [0.717, 1.165) is 12.0 Å². The van der Waals surface area contributed by atoms with E-state index in [-0.39, 0.29) is 30.3 Å². The van der Waals surface area contributed by atoms with Crippen molar-refractivity contribution in [2.75, 3.05) is 13.2 Å². The summed E-state index contributed by atoms with van der Waals surface area (Å²) < 4.78 is 18.5. The second-order valence-corrected chi connectivity index (χ2v) is 6.54. The SMILES string of the molecule is CC1CC(c2ccc(F)cc2)CN1C(=O)c1ccccc1OCC(N)=O. The Morgan fingerprint density at radius 2 is 1.88 bits per heavy atom. The summed E-state index contributed by atoms with van der Waals surface area (Å²) in [6.07, 6.45) is 0.807. The Kier molecular flexibility index (Phi) is 5.21. The van der Waals surface area contributed by atoms with E-state index in [4.69, 9.17) is 10.5 Å². The normalized spacial score (nSPS) is 19.4. The number of para-hydroxylation sites is 1. The fraction of sp³-hybridized carbons (Fsp3) is 0.300. The lowest BCUT2D eigenvalue weighted by atomic mass is 9.97. The van der Waals surface area contributed by atoms with Crippen LogP contribution in [0.3, 0.4) is 0 Å². The number of nitrogens with two attached hydrogens (primary N) is 1. The lowest BCUT2D eigenvalue weighted by molar-refractivity contribution is -0.119. The molecule has 1 saturated heterocycles. The van der Waals surface area contributed by atoms with Crippen molar-refractivity contribution >= 4 is 11.8 Å². The molecule has 0 aliphatic carbocycles. The standard InChI is InChI=1S/C20H21FN2O3/c1-13-10-15(14-6-8-16(21)9-7-14)11-23(13)20(25)17-4-2-3-5-18(17)26-12-19(22)24/h2-9,13,15H,10-12H2,1H3,(H2,22,24). The van der Waals surface area contributed by atoms with Crippen LogP contribution in [0.1, 0.15) is 35.2 Å². The Balaban J connectivity index is 1.78. The van der Waals surface area contributed by atoms with Gasteiger partial charge in [0.05, 0.1) is 5.56 Å². The Bertz CT molecular complexity index is 807. The maximum atomic E-state index is 13.1. The molecular weight excluding hydrogens is 335 g/mol. The molecule has 2 aromatic rings. The highest BCUT2D eigenvalue weighted by atomic mass is 19.1. The average Bonchev–Trinajstić information content (AvgIpc) is 3.02. The third-order valence-corrected chi connectivity index (χ3v) is 4.66. The van der Waals surface area contributed by atoms with Gasteiger partial charge in [-0.25, -0.2) is 4.39 Å². The van der Waals surface area contributed by atoms with Crippen molar-refractivity contribution in [1.29, 1.82) is 0 Å². The molecule has 1 aliphatic rings. The van der Waals surface area contributed by atoms with Gasteiger partial charge in [-0.3, -0.25) is 9.59 Å². The van der Waals surface area contributed by atoms with Gasteiger partial charge in [0.15, 0.2) is 6.61 Å². The van der Waals surface area contributed by atoms with Crippen LogP contribution < -0.4 is 10.5 Å². The Hall–Kier alpha value is -2.89. The third kappa shape index (κ3) is 3.85. The molecule has 0 spiro atoms. The first kappa shape index (κ1) is 17.9. The largest absolute Gasteiger partial charge is 0.483 e. The van der Waals surface area contributed by atoms with Gasteiger partial charge in [-0.05, 0) is 43.2 Å². The third-order valence-electron chi connectivity index (χ3n) is 4.66. The number of hydrogen-bond donors (Lipinski definition) is 1. The van der Waals surface area contributed by atoms with Crippen LogP contribution in [0.25, 0.3) is 0 Å². The van der Waals surface area contributed by atoms with Gasteiger partial charge in [-0.15, -0.1) is 0 Å². The maximum Gasteiger partial charge on any atom is 0.257 e. The van der Waals surface area contributed by atoms with Crippen molar-refractivity contribution in [3.63, 3.8) is 0 Å². The lowest BCUT2D eigenvalue weighted by Crippen LogP contribution is -2.34. The van der Waals surface area contributed by atoms with Crippen LogP contribution in [0.4, 0.5) is 4.39 Å². The summed E-state index contributed by atoms with van der Waals surface area (Å²) in [6, 6.07) is 13.3. The van der Waals surface area contributed by atoms with Gasteiger partial charge in [0, 0.05) is 18.5 Å². The average molecular weight is 356 g/mol. The number of amides is 2. The predicted molar refractivity (Wildman–Crippen MR) is 95.4 cm³/mol. The minimum absolute atomic E-state index is 0.0433. The molecule has 1 aliphatic heterocycles. The van der Waals surface area contributed by atoms with Crippen molar-refractivity contribution in [2.24, 2.45) is 5.73 Å². The monoisotopic (exact) mass is 356 g/mol. The van der Waals surface area contributed by atoms with Crippen molar-refractivity contribution in [2.45, 2.75) is 25.3 Å². The molecule has 2 amide bonds. The number of rotatable bonds is 5. The molecule has 1 heterocycles. The van der Waals surface area contributed by atoms with E-state index in [1.54, 1.807) is 41.3 Å². The van der Waals surface area contributed by atoms with Gasteiger partial charge in [0.25, 0.3) is 11.8 Å². The molecule has 26 heavy (non-hydrogen) atoms. The first-order chi connectivity index (χ1) is 12.5. The number of hydrogen-bond acceptors (Lipinski definition) is 3. The molecule has 1 fully saturated rings. The molecule has 0 saturated carbocycles. The smallest absolute Gasteiger partial charge is 0.257 e. The van der Waals surface area contributed by atoms with Crippen LogP contribution in [0, 0.1) is 5.82 Å². The Morgan fingerprint density at radius 1 is 1.19 bits per heavy atom. The van der Waals surface area contributed by atoms with Crippen molar-refractivity contribution < 1.29 is 18.7 Å². The fourth-order valence-corrected chi connectivity index (χ4v) is 3.36. The lowest BCUT2D eigenvalue weighted by Gasteiger charge is -2.22. The van der Waals surface area contributed by atoms with E-state index in [1.807, 2.05) is 6.92 Å². The zero-order chi connectivity index (χ0) is 18.7. The highest BCUT2D eigenvalue weighted by Crippen LogP contribution is 2.33. The summed E-state index contributed by atoms with van der Waals surface area (Å²) in [6.45, 7) is 2.27. The molecule has 2 unspecified atom stereocenters. The molecule has 3 rings (SSSR count). The zero-order valence-corrected chi connectivity index (χ0v) is 14.5. The Morgan fingerprint density at radius 3 is 2.58 bits per heavy atom. The molecule has 136 valence electrons. The minimum Gasteiger partial charge on any atom is -0.483 e. The molecule has 2 N–H and O–H groups in total. The van der Waals surface area contributed by atoms with Crippen molar-refractivity contribution in [3.05, 3.63) is 65.5 Å². The topological polar surface area (TPSA) is 72.6 Å². The molecule has 0 radical (unpaired) electrons. The van der Waals surface area contributed by atoms with Gasteiger partial charge in [0.2, 0.25) is 0 Å². The minimum atomic E-state index is -0.599. The fourth-order valence-electron chi connectivity index (χ4n) is 3.36. The molecule has 0 aromatic heterocycles. The number of halogens is 1. The van der Waals surface area contributed by atoms with Gasteiger partial charge >= 0.3 is 0 Å². The first-order valence-electron chi connectivity index (χ1n) is 8.52. The molecule has 2 aromatic carbocycles. The first-order valence-corrected chi connectivity index (χ1v) is 8.52. The van der Waals surface area contributed by atoms with Gasteiger partial charge in [-0.2, -0.15) is 0 Å². The van der Waals surface area contributed by atoms with Crippen LogP contribution >= 0.6 is 0 Å². The van der Waals surface area contributed by atoms with E-state index in [2.05, 4.69) is 0 Å². The van der Waals surface area contributed by atoms with Gasteiger partial charge < -0.3 is 15.4 Å². The summed E-state index contributed by atoms with van der Waals surface area (Å²) in [5, 5.41) is 0. The highest BCUT2D eigenvalue weighted by Gasteiger charge is 2.34. The molecule has 6 heteroatoms. The highest BCUT2D eigenvalue weighted by molar-refractivity contribution is 5.97. The molecule has 5 nitrogen and oxygen atoms in total. The van der Waals surface area contributed by atoms with E-state index in [9.17, 15) is 14.0 Å². The second-order valence-electron chi connectivity index (χ2n) is 6.54. The second kappa shape index (κ2) is 7.56. The number of primary amides is 1. The van der Waals surface area contributed by atoms with Crippen LogP contribution in [-0.2, 0) is 4.79 Å². The van der Waals surface area contributed by atoms with Crippen LogP contribution in [0.15, 0.2) is 48.5 Å². The summed E-state index contributed by atoms with van der Waals surface area (Å²) in [4.78, 5) is 25.8. The number of benzene rings is 2. The maximum absolute atomic E-state index is 13.1. The van der Waals surface area contributed by atoms with Crippen LogP contribution in [0.2, 0.25) is 0 Å². The van der Waals surface area contributed by atoms with Crippen LogP contribution in [-0.4, -0.2) is 35.9 Å². The molecule has 0 bridgehead atoms.